The van der Waals surface area contributed by atoms with Crippen LogP contribution in [0.2, 0.25) is 5.02 Å². The number of carbonyl (C=O) groups is 1. The lowest BCUT2D eigenvalue weighted by molar-refractivity contribution is -0.125. The molecule has 0 saturated heterocycles. The van der Waals surface area contributed by atoms with Crippen LogP contribution in [0.25, 0.3) is 0 Å². The molecule has 1 aliphatic heterocycles. The first-order valence-electron chi connectivity index (χ1n) is 8.02. The summed E-state index contributed by atoms with van der Waals surface area (Å²) in [7, 11) is 1.59. The molecule has 1 amide bonds. The second-order valence-corrected chi connectivity index (χ2v) is 6.42. The highest BCUT2D eigenvalue weighted by Crippen LogP contribution is 2.24. The quantitative estimate of drug-likeness (QED) is 0.794. The molecule has 0 spiro atoms. The van der Waals surface area contributed by atoms with Crippen LogP contribution >= 0.6 is 11.6 Å². The molecule has 1 atom stereocenters. The van der Waals surface area contributed by atoms with E-state index in [0.29, 0.717) is 32.8 Å². The highest BCUT2D eigenvalue weighted by molar-refractivity contribution is 6.30. The summed E-state index contributed by atoms with van der Waals surface area (Å²) >= 11 is 5.74. The summed E-state index contributed by atoms with van der Waals surface area (Å²) in [4.78, 5) is 18.8. The standard InChI is InChI=1S/C17H20ClFN4O2/c1-25-5-4-21-17(24)16-10-22(9-13-7-20-11-23(13)16)8-12-2-3-14(18)15(19)6-12/h2-3,6-7,11,16H,4-5,8-10H2,1H3,(H,21,24)/t16-/m1/s1. The zero-order valence-corrected chi connectivity index (χ0v) is 14.7. The maximum absolute atomic E-state index is 13.7. The highest BCUT2D eigenvalue weighted by Gasteiger charge is 2.30. The number of amides is 1. The molecular weight excluding hydrogens is 347 g/mol. The normalized spacial score (nSPS) is 17.3. The summed E-state index contributed by atoms with van der Waals surface area (Å²) in [5.74, 6) is -0.515. The molecule has 2 aromatic rings. The lowest BCUT2D eigenvalue weighted by atomic mass is 10.1. The minimum atomic E-state index is -0.435. The van der Waals surface area contributed by atoms with E-state index in [1.807, 2.05) is 4.57 Å². The molecule has 134 valence electrons. The third-order valence-corrected chi connectivity index (χ3v) is 4.50. The van der Waals surface area contributed by atoms with Gasteiger partial charge in [-0.3, -0.25) is 9.69 Å². The topological polar surface area (TPSA) is 59.4 Å². The molecule has 1 aromatic heterocycles. The third-order valence-electron chi connectivity index (χ3n) is 4.20. The van der Waals surface area contributed by atoms with E-state index in [1.165, 1.54) is 6.07 Å². The van der Waals surface area contributed by atoms with Gasteiger partial charge in [0.05, 0.1) is 23.7 Å². The average Bonchev–Trinajstić information content (AvgIpc) is 3.06. The molecule has 1 aromatic carbocycles. The van der Waals surface area contributed by atoms with Crippen LogP contribution in [0.1, 0.15) is 17.3 Å². The molecule has 0 saturated carbocycles. The van der Waals surface area contributed by atoms with E-state index >= 15 is 0 Å². The SMILES string of the molecule is COCCNC(=O)[C@H]1CN(Cc2ccc(Cl)c(F)c2)Cc2cncn21. The van der Waals surface area contributed by atoms with Gasteiger partial charge in [-0.25, -0.2) is 9.37 Å². The van der Waals surface area contributed by atoms with Crippen LogP contribution in [0, 0.1) is 5.82 Å². The number of nitrogens with zero attached hydrogens (tertiary/aromatic N) is 3. The highest BCUT2D eigenvalue weighted by atomic mass is 35.5. The fourth-order valence-electron chi connectivity index (χ4n) is 2.98. The Balaban J connectivity index is 1.72. The van der Waals surface area contributed by atoms with E-state index in [-0.39, 0.29) is 17.0 Å². The lowest BCUT2D eigenvalue weighted by Crippen LogP contribution is -2.44. The Bertz CT molecular complexity index is 752. The van der Waals surface area contributed by atoms with Crippen LogP contribution in [0.15, 0.2) is 30.7 Å². The molecule has 0 bridgehead atoms. The van der Waals surface area contributed by atoms with Gasteiger partial charge in [-0.15, -0.1) is 0 Å². The van der Waals surface area contributed by atoms with Crippen molar-refractivity contribution in [1.82, 2.24) is 19.8 Å². The van der Waals surface area contributed by atoms with E-state index in [4.69, 9.17) is 16.3 Å². The molecule has 3 rings (SSSR count). The number of aromatic nitrogens is 2. The first-order valence-corrected chi connectivity index (χ1v) is 8.40. The Hall–Kier alpha value is -1.96. The number of carbonyl (C=O) groups excluding carboxylic acids is 1. The lowest BCUT2D eigenvalue weighted by Gasteiger charge is -2.33. The van der Waals surface area contributed by atoms with Crippen molar-refractivity contribution >= 4 is 17.5 Å². The molecular formula is C17H20ClFN4O2. The Morgan fingerprint density at radius 3 is 3.12 bits per heavy atom. The second kappa shape index (κ2) is 7.95. The zero-order chi connectivity index (χ0) is 17.8. The maximum Gasteiger partial charge on any atom is 0.244 e. The number of rotatable bonds is 6. The first-order chi connectivity index (χ1) is 12.1. The number of imidazole rings is 1. The molecule has 8 heteroatoms. The monoisotopic (exact) mass is 366 g/mol. The molecule has 1 aliphatic rings. The van der Waals surface area contributed by atoms with Crippen molar-refractivity contribution in [1.29, 1.82) is 0 Å². The fourth-order valence-corrected chi connectivity index (χ4v) is 3.10. The fraction of sp³-hybridized carbons (Fsp3) is 0.412. The number of halogens is 2. The van der Waals surface area contributed by atoms with Gasteiger partial charge in [0.2, 0.25) is 5.91 Å². The molecule has 0 radical (unpaired) electrons. The van der Waals surface area contributed by atoms with Crippen molar-refractivity contribution in [3.63, 3.8) is 0 Å². The van der Waals surface area contributed by atoms with Gasteiger partial charge in [0.1, 0.15) is 11.9 Å². The van der Waals surface area contributed by atoms with E-state index < -0.39 is 5.82 Å². The van der Waals surface area contributed by atoms with Crippen LogP contribution in [0.3, 0.4) is 0 Å². The van der Waals surface area contributed by atoms with Gasteiger partial charge >= 0.3 is 0 Å². The maximum atomic E-state index is 13.7. The predicted molar refractivity (Wildman–Crippen MR) is 91.7 cm³/mol. The zero-order valence-electron chi connectivity index (χ0n) is 13.9. The van der Waals surface area contributed by atoms with E-state index in [2.05, 4.69) is 15.2 Å². The number of fused-ring (bicyclic) bond motifs is 1. The molecule has 6 nitrogen and oxygen atoms in total. The van der Waals surface area contributed by atoms with E-state index in [0.717, 1.165) is 11.3 Å². The Morgan fingerprint density at radius 1 is 1.52 bits per heavy atom. The molecule has 2 heterocycles. The first kappa shape index (κ1) is 17.8. The molecule has 0 aliphatic carbocycles. The minimum Gasteiger partial charge on any atom is -0.383 e. The number of methoxy groups -OCH3 is 1. The summed E-state index contributed by atoms with van der Waals surface area (Å²) in [6.07, 6.45) is 3.43. The summed E-state index contributed by atoms with van der Waals surface area (Å²) in [6.45, 7) is 2.61. The van der Waals surface area contributed by atoms with Crippen LogP contribution in [0.5, 0.6) is 0 Å². The number of hydrogen-bond donors (Lipinski definition) is 1. The number of hydrogen-bond acceptors (Lipinski definition) is 4. The van der Waals surface area contributed by atoms with Gasteiger partial charge in [0, 0.05) is 39.5 Å². The Labute approximate surface area is 150 Å². The van der Waals surface area contributed by atoms with Crippen LogP contribution < -0.4 is 5.32 Å². The van der Waals surface area contributed by atoms with Crippen LogP contribution in [-0.4, -0.2) is 47.2 Å². The summed E-state index contributed by atoms with van der Waals surface area (Å²) < 4.78 is 20.5. The van der Waals surface area contributed by atoms with Gasteiger partial charge in [0.25, 0.3) is 0 Å². The van der Waals surface area contributed by atoms with E-state index in [9.17, 15) is 9.18 Å². The molecule has 0 unspecified atom stereocenters. The molecule has 25 heavy (non-hydrogen) atoms. The number of benzene rings is 1. The summed E-state index contributed by atoms with van der Waals surface area (Å²) in [5, 5.41) is 2.98. The second-order valence-electron chi connectivity index (χ2n) is 6.01. The third kappa shape index (κ3) is 4.18. The van der Waals surface area contributed by atoms with Crippen molar-refractivity contribution in [3.05, 3.63) is 52.8 Å². The van der Waals surface area contributed by atoms with Crippen LogP contribution in [0.4, 0.5) is 4.39 Å². The largest absolute Gasteiger partial charge is 0.383 e. The summed E-state index contributed by atoms with van der Waals surface area (Å²) in [5.41, 5.74) is 1.76. The van der Waals surface area contributed by atoms with Crippen molar-refractivity contribution < 1.29 is 13.9 Å². The van der Waals surface area contributed by atoms with Gasteiger partial charge < -0.3 is 14.6 Å². The van der Waals surface area contributed by atoms with Gasteiger partial charge in [-0.2, -0.15) is 0 Å². The number of nitrogens with one attached hydrogen (secondary N) is 1. The van der Waals surface area contributed by atoms with Gasteiger partial charge in [-0.05, 0) is 17.7 Å². The van der Waals surface area contributed by atoms with Gasteiger partial charge in [0.15, 0.2) is 0 Å². The van der Waals surface area contributed by atoms with Gasteiger partial charge in [-0.1, -0.05) is 17.7 Å². The predicted octanol–water partition coefficient (Wildman–Crippen LogP) is 2.00. The van der Waals surface area contributed by atoms with Crippen molar-refractivity contribution in [2.75, 3.05) is 26.8 Å². The smallest absolute Gasteiger partial charge is 0.244 e. The average molecular weight is 367 g/mol. The minimum absolute atomic E-state index is 0.0803. The Kier molecular flexibility index (Phi) is 5.67. The van der Waals surface area contributed by atoms with E-state index in [1.54, 1.807) is 31.8 Å². The van der Waals surface area contributed by atoms with Crippen molar-refractivity contribution in [3.8, 4) is 0 Å². The van der Waals surface area contributed by atoms with Crippen molar-refractivity contribution in [2.24, 2.45) is 0 Å². The number of ether oxygens (including phenoxy) is 1. The summed E-state index contributed by atoms with van der Waals surface area (Å²) in [6, 6.07) is 4.41. The van der Waals surface area contributed by atoms with Crippen LogP contribution in [-0.2, 0) is 22.6 Å². The molecule has 1 N–H and O–H groups in total. The van der Waals surface area contributed by atoms with Crippen molar-refractivity contribution in [2.45, 2.75) is 19.1 Å². The Morgan fingerprint density at radius 2 is 2.36 bits per heavy atom. The molecule has 0 fully saturated rings.